The Morgan fingerprint density at radius 1 is 1.06 bits per heavy atom. The van der Waals surface area contributed by atoms with Crippen LogP contribution in [0.15, 0.2) is 0 Å². The number of aliphatic hydroxyl groups excluding tert-OH is 2. The van der Waals surface area contributed by atoms with Crippen molar-refractivity contribution < 1.29 is 10.2 Å². The van der Waals surface area contributed by atoms with Crippen LogP contribution in [0.2, 0.25) is 0 Å². The van der Waals surface area contributed by atoms with Gasteiger partial charge in [0.2, 0.25) is 0 Å². The van der Waals surface area contributed by atoms with Crippen LogP contribution in [-0.4, -0.2) is 28.5 Å². The van der Waals surface area contributed by atoms with E-state index < -0.39 is 6.10 Å². The molecular weight excluding hydrogens is 214 g/mol. The first kappa shape index (κ1) is 14.9. The van der Waals surface area contributed by atoms with Crippen LogP contribution >= 0.6 is 0 Å². The zero-order chi connectivity index (χ0) is 12.8. The molecule has 0 saturated heterocycles. The van der Waals surface area contributed by atoms with Gasteiger partial charge in [-0.25, -0.2) is 0 Å². The van der Waals surface area contributed by atoms with Crippen molar-refractivity contribution in [1.82, 2.24) is 0 Å². The Bertz CT molecular complexity index is 202. The van der Waals surface area contributed by atoms with E-state index in [1.807, 2.05) is 0 Å². The lowest BCUT2D eigenvalue weighted by molar-refractivity contribution is 0.0371. The largest absolute Gasteiger partial charge is 0.393 e. The maximum absolute atomic E-state index is 10.2. The third-order valence-corrected chi connectivity index (χ3v) is 3.86. The smallest absolute Gasteiger partial charge is 0.0720 e. The summed E-state index contributed by atoms with van der Waals surface area (Å²) in [5.41, 5.74) is 6.01. The molecule has 0 heterocycles. The van der Waals surface area contributed by atoms with Crippen LogP contribution in [0.1, 0.15) is 58.8 Å². The van der Waals surface area contributed by atoms with Gasteiger partial charge in [0.15, 0.2) is 0 Å². The van der Waals surface area contributed by atoms with Gasteiger partial charge in [-0.2, -0.15) is 0 Å². The van der Waals surface area contributed by atoms with E-state index in [1.165, 1.54) is 19.3 Å². The Morgan fingerprint density at radius 2 is 1.65 bits per heavy atom. The first-order valence-electron chi connectivity index (χ1n) is 7.12. The van der Waals surface area contributed by atoms with Crippen molar-refractivity contribution in [3.63, 3.8) is 0 Å². The normalized spacial score (nSPS) is 23.6. The van der Waals surface area contributed by atoms with E-state index in [0.29, 0.717) is 18.3 Å². The van der Waals surface area contributed by atoms with Gasteiger partial charge in [-0.05, 0) is 37.5 Å². The van der Waals surface area contributed by atoms with Gasteiger partial charge in [0.05, 0.1) is 12.2 Å². The molecule has 0 aromatic rings. The van der Waals surface area contributed by atoms with Gasteiger partial charge in [0.1, 0.15) is 0 Å². The van der Waals surface area contributed by atoms with Crippen molar-refractivity contribution in [1.29, 1.82) is 0 Å². The average molecular weight is 243 g/mol. The lowest BCUT2D eigenvalue weighted by Gasteiger charge is -2.31. The van der Waals surface area contributed by atoms with Crippen molar-refractivity contribution in [2.24, 2.45) is 17.6 Å². The standard InChI is InChI=1S/C14H29NO2/c1-10(2)8-12(16)9-13(15)14(17)11-6-4-3-5-7-11/h10-14,16-17H,3-9,15H2,1-2H3. The minimum absolute atomic E-state index is 0.271. The second-order valence-corrected chi connectivity index (χ2v) is 6.07. The van der Waals surface area contributed by atoms with E-state index in [2.05, 4.69) is 13.8 Å². The van der Waals surface area contributed by atoms with Gasteiger partial charge in [0.25, 0.3) is 0 Å². The predicted molar refractivity (Wildman–Crippen MR) is 70.6 cm³/mol. The molecule has 0 radical (unpaired) electrons. The van der Waals surface area contributed by atoms with E-state index >= 15 is 0 Å². The first-order valence-corrected chi connectivity index (χ1v) is 7.12. The fraction of sp³-hybridized carbons (Fsp3) is 1.00. The zero-order valence-corrected chi connectivity index (χ0v) is 11.3. The molecule has 17 heavy (non-hydrogen) atoms. The van der Waals surface area contributed by atoms with Gasteiger partial charge in [0, 0.05) is 6.04 Å². The second kappa shape index (κ2) is 7.34. The van der Waals surface area contributed by atoms with Crippen LogP contribution in [-0.2, 0) is 0 Å². The number of rotatable bonds is 6. The topological polar surface area (TPSA) is 66.5 Å². The van der Waals surface area contributed by atoms with Crippen LogP contribution in [0, 0.1) is 11.8 Å². The molecule has 0 amide bonds. The summed E-state index contributed by atoms with van der Waals surface area (Å²) in [5, 5.41) is 20.0. The Hall–Kier alpha value is -0.120. The van der Waals surface area contributed by atoms with Crippen LogP contribution in [0.4, 0.5) is 0 Å². The highest BCUT2D eigenvalue weighted by Gasteiger charge is 2.28. The van der Waals surface area contributed by atoms with Crippen molar-refractivity contribution in [3.05, 3.63) is 0 Å². The monoisotopic (exact) mass is 243 g/mol. The molecule has 1 fully saturated rings. The summed E-state index contributed by atoms with van der Waals surface area (Å²) in [7, 11) is 0. The van der Waals surface area contributed by atoms with Crippen LogP contribution in [0.3, 0.4) is 0 Å². The average Bonchev–Trinajstić information content (AvgIpc) is 2.28. The molecule has 0 aromatic carbocycles. The summed E-state index contributed by atoms with van der Waals surface area (Å²) < 4.78 is 0. The van der Waals surface area contributed by atoms with Gasteiger partial charge in [-0.3, -0.25) is 0 Å². The highest BCUT2D eigenvalue weighted by molar-refractivity contribution is 4.83. The molecule has 3 unspecified atom stereocenters. The van der Waals surface area contributed by atoms with Gasteiger partial charge >= 0.3 is 0 Å². The molecule has 3 heteroatoms. The van der Waals surface area contributed by atoms with Crippen LogP contribution < -0.4 is 5.73 Å². The fourth-order valence-electron chi connectivity index (χ4n) is 2.92. The highest BCUT2D eigenvalue weighted by Crippen LogP contribution is 2.28. The second-order valence-electron chi connectivity index (χ2n) is 6.07. The Labute approximate surface area is 105 Å². The van der Waals surface area contributed by atoms with Crippen molar-refractivity contribution >= 4 is 0 Å². The Balaban J connectivity index is 2.32. The Morgan fingerprint density at radius 3 is 2.18 bits per heavy atom. The molecule has 0 spiro atoms. The maximum Gasteiger partial charge on any atom is 0.0720 e. The third kappa shape index (κ3) is 5.36. The molecule has 1 rings (SSSR count). The molecular formula is C14H29NO2. The third-order valence-electron chi connectivity index (χ3n) is 3.86. The number of hydrogen-bond acceptors (Lipinski definition) is 3. The SMILES string of the molecule is CC(C)CC(O)CC(N)C(O)C1CCCCC1. The molecule has 1 aliphatic rings. The maximum atomic E-state index is 10.2. The summed E-state index contributed by atoms with van der Waals surface area (Å²) in [6.45, 7) is 4.18. The summed E-state index contributed by atoms with van der Waals surface area (Å²) in [6.07, 6.45) is 6.38. The lowest BCUT2D eigenvalue weighted by atomic mass is 9.81. The summed E-state index contributed by atoms with van der Waals surface area (Å²) >= 11 is 0. The van der Waals surface area contributed by atoms with E-state index in [0.717, 1.165) is 19.3 Å². The quantitative estimate of drug-likeness (QED) is 0.669. The van der Waals surface area contributed by atoms with Gasteiger partial charge in [-0.15, -0.1) is 0 Å². The molecule has 0 aromatic heterocycles. The predicted octanol–water partition coefficient (Wildman–Crippen LogP) is 2.05. The first-order chi connectivity index (χ1) is 8.00. The molecule has 4 N–H and O–H groups in total. The van der Waals surface area contributed by atoms with E-state index in [-0.39, 0.29) is 12.1 Å². The van der Waals surface area contributed by atoms with Crippen LogP contribution in [0.5, 0.6) is 0 Å². The minimum Gasteiger partial charge on any atom is -0.393 e. The molecule has 102 valence electrons. The van der Waals surface area contributed by atoms with Gasteiger partial charge < -0.3 is 15.9 Å². The molecule has 1 saturated carbocycles. The van der Waals surface area contributed by atoms with Crippen molar-refractivity contribution in [2.75, 3.05) is 0 Å². The fourth-order valence-corrected chi connectivity index (χ4v) is 2.92. The zero-order valence-electron chi connectivity index (χ0n) is 11.3. The highest BCUT2D eigenvalue weighted by atomic mass is 16.3. The van der Waals surface area contributed by atoms with Crippen molar-refractivity contribution in [3.8, 4) is 0 Å². The number of aliphatic hydroxyl groups is 2. The van der Waals surface area contributed by atoms with Crippen molar-refractivity contribution in [2.45, 2.75) is 77.0 Å². The molecule has 0 aliphatic heterocycles. The van der Waals surface area contributed by atoms with E-state index in [4.69, 9.17) is 5.73 Å². The summed E-state index contributed by atoms with van der Waals surface area (Å²) in [4.78, 5) is 0. The van der Waals surface area contributed by atoms with E-state index in [9.17, 15) is 10.2 Å². The molecule has 1 aliphatic carbocycles. The summed E-state index contributed by atoms with van der Waals surface area (Å²) in [5.74, 6) is 0.828. The van der Waals surface area contributed by atoms with Crippen LogP contribution in [0.25, 0.3) is 0 Å². The lowest BCUT2D eigenvalue weighted by Crippen LogP contribution is -2.43. The number of hydrogen-bond donors (Lipinski definition) is 3. The molecule has 3 nitrogen and oxygen atoms in total. The van der Waals surface area contributed by atoms with E-state index in [1.54, 1.807) is 0 Å². The molecule has 3 atom stereocenters. The van der Waals surface area contributed by atoms with Gasteiger partial charge in [-0.1, -0.05) is 33.1 Å². The summed E-state index contributed by atoms with van der Waals surface area (Å²) in [6, 6.07) is -0.271. The number of nitrogens with two attached hydrogens (primary N) is 1. The molecule has 0 bridgehead atoms. The Kier molecular flexibility index (Phi) is 6.45. The minimum atomic E-state index is -0.433.